The van der Waals surface area contributed by atoms with Crippen molar-refractivity contribution in [2.45, 2.75) is 20.0 Å². The average Bonchev–Trinajstić information content (AvgIpc) is 2.73. The number of carbonyl (C=O) groups is 3. The highest BCUT2D eigenvalue weighted by Crippen LogP contribution is 2.28. The first-order chi connectivity index (χ1) is 14.3. The molecule has 0 spiro atoms. The molecule has 0 saturated heterocycles. The van der Waals surface area contributed by atoms with E-state index in [0.717, 1.165) is 0 Å². The predicted molar refractivity (Wildman–Crippen MR) is 112 cm³/mol. The van der Waals surface area contributed by atoms with Gasteiger partial charge in [0.15, 0.2) is 17.6 Å². The van der Waals surface area contributed by atoms with E-state index in [1.165, 1.54) is 44.4 Å². The van der Waals surface area contributed by atoms with Crippen molar-refractivity contribution in [3.8, 4) is 11.5 Å². The van der Waals surface area contributed by atoms with Gasteiger partial charge in [0.1, 0.15) is 0 Å². The molecule has 30 heavy (non-hydrogen) atoms. The van der Waals surface area contributed by atoms with Crippen LogP contribution in [0.5, 0.6) is 11.5 Å². The lowest BCUT2D eigenvalue weighted by atomic mass is 10.2. The van der Waals surface area contributed by atoms with Crippen LogP contribution in [0, 0.1) is 0 Å². The van der Waals surface area contributed by atoms with E-state index in [1.54, 1.807) is 24.3 Å². The molecule has 0 fully saturated rings. The van der Waals surface area contributed by atoms with Gasteiger partial charge in [0.2, 0.25) is 5.91 Å². The first kappa shape index (κ1) is 22.5. The smallest absolute Gasteiger partial charge is 0.331 e. The van der Waals surface area contributed by atoms with Gasteiger partial charge >= 0.3 is 5.97 Å². The molecule has 0 aliphatic heterocycles. The Balaban J connectivity index is 1.93. The first-order valence-electron chi connectivity index (χ1n) is 9.24. The third-order valence-electron chi connectivity index (χ3n) is 4.00. The average molecular weight is 412 g/mol. The Morgan fingerprint density at radius 3 is 2.40 bits per heavy atom. The Kier molecular flexibility index (Phi) is 7.99. The number of benzene rings is 2. The summed E-state index contributed by atoms with van der Waals surface area (Å²) in [5.41, 5.74) is 6.65. The van der Waals surface area contributed by atoms with E-state index in [1.807, 2.05) is 6.92 Å². The SMILES string of the molecule is CCOc1ccc(/C=C/C(=O)O[C@@H](C)C(=O)Nc2ccc(C(N)=O)cc2)cc1OC. The molecule has 0 aliphatic rings. The zero-order valence-corrected chi connectivity index (χ0v) is 17.0. The maximum Gasteiger partial charge on any atom is 0.331 e. The normalized spacial score (nSPS) is 11.6. The van der Waals surface area contributed by atoms with Crippen molar-refractivity contribution in [2.24, 2.45) is 5.73 Å². The maximum atomic E-state index is 12.2. The number of anilines is 1. The third-order valence-corrected chi connectivity index (χ3v) is 4.00. The molecule has 0 aromatic heterocycles. The predicted octanol–water partition coefficient (Wildman–Crippen LogP) is 2.78. The summed E-state index contributed by atoms with van der Waals surface area (Å²) in [7, 11) is 1.53. The third kappa shape index (κ3) is 6.37. The van der Waals surface area contributed by atoms with Crippen LogP contribution >= 0.6 is 0 Å². The van der Waals surface area contributed by atoms with Crippen LogP contribution in [-0.4, -0.2) is 37.6 Å². The quantitative estimate of drug-likeness (QED) is 0.483. The van der Waals surface area contributed by atoms with Gasteiger partial charge in [-0.05, 0) is 61.9 Å². The summed E-state index contributed by atoms with van der Waals surface area (Å²) in [5.74, 6) is -0.593. The number of amides is 2. The van der Waals surface area contributed by atoms with Gasteiger partial charge < -0.3 is 25.3 Å². The molecule has 2 amide bonds. The zero-order chi connectivity index (χ0) is 22.1. The van der Waals surface area contributed by atoms with Crippen molar-refractivity contribution < 1.29 is 28.6 Å². The first-order valence-corrected chi connectivity index (χ1v) is 9.24. The van der Waals surface area contributed by atoms with Crippen LogP contribution in [0.15, 0.2) is 48.5 Å². The number of hydrogen-bond acceptors (Lipinski definition) is 6. The highest BCUT2D eigenvalue weighted by molar-refractivity contribution is 5.97. The van der Waals surface area contributed by atoms with E-state index in [2.05, 4.69) is 5.32 Å². The Morgan fingerprint density at radius 2 is 1.80 bits per heavy atom. The molecular formula is C22H24N2O6. The molecule has 2 aromatic carbocycles. The molecule has 2 rings (SSSR count). The van der Waals surface area contributed by atoms with Gasteiger partial charge in [-0.3, -0.25) is 9.59 Å². The highest BCUT2D eigenvalue weighted by atomic mass is 16.5. The minimum Gasteiger partial charge on any atom is -0.493 e. The number of primary amides is 1. The van der Waals surface area contributed by atoms with E-state index in [0.29, 0.717) is 34.9 Å². The zero-order valence-electron chi connectivity index (χ0n) is 17.0. The Morgan fingerprint density at radius 1 is 1.10 bits per heavy atom. The van der Waals surface area contributed by atoms with E-state index in [-0.39, 0.29) is 0 Å². The molecule has 3 N–H and O–H groups in total. The number of nitrogens with two attached hydrogens (primary N) is 1. The monoisotopic (exact) mass is 412 g/mol. The summed E-state index contributed by atoms with van der Waals surface area (Å²) in [4.78, 5) is 35.3. The molecule has 0 aliphatic carbocycles. The van der Waals surface area contributed by atoms with Crippen LogP contribution in [0.3, 0.4) is 0 Å². The van der Waals surface area contributed by atoms with Gasteiger partial charge in [0.05, 0.1) is 13.7 Å². The lowest BCUT2D eigenvalue weighted by Gasteiger charge is -2.12. The summed E-state index contributed by atoms with van der Waals surface area (Å²) in [6.07, 6.45) is 1.75. The van der Waals surface area contributed by atoms with Crippen LogP contribution in [-0.2, 0) is 14.3 Å². The fraction of sp³-hybridized carbons (Fsp3) is 0.227. The lowest BCUT2D eigenvalue weighted by molar-refractivity contribution is -0.148. The van der Waals surface area contributed by atoms with Crippen LogP contribution in [0.4, 0.5) is 5.69 Å². The van der Waals surface area contributed by atoms with Crippen LogP contribution in [0.2, 0.25) is 0 Å². The number of hydrogen-bond donors (Lipinski definition) is 2. The van der Waals surface area contributed by atoms with Gasteiger partial charge in [-0.25, -0.2) is 4.79 Å². The molecule has 0 bridgehead atoms. The Bertz CT molecular complexity index is 937. The fourth-order valence-corrected chi connectivity index (χ4v) is 2.46. The van der Waals surface area contributed by atoms with Crippen molar-refractivity contribution >= 4 is 29.5 Å². The molecule has 8 heteroatoms. The maximum absolute atomic E-state index is 12.2. The fourth-order valence-electron chi connectivity index (χ4n) is 2.46. The standard InChI is InChI=1S/C22H24N2O6/c1-4-29-18-11-5-15(13-19(18)28-3)6-12-20(25)30-14(2)22(27)24-17-9-7-16(8-10-17)21(23)26/h5-14H,4H2,1-3H3,(H2,23,26)(H,24,27)/b12-6+/t14-/m0/s1. The molecule has 0 heterocycles. The summed E-state index contributed by atoms with van der Waals surface area (Å²) >= 11 is 0. The van der Waals surface area contributed by atoms with Crippen LogP contribution in [0.25, 0.3) is 6.08 Å². The number of esters is 1. The van der Waals surface area contributed by atoms with Crippen LogP contribution < -0.4 is 20.5 Å². The summed E-state index contributed by atoms with van der Waals surface area (Å²) in [5, 5.41) is 2.60. The number of nitrogens with one attached hydrogen (secondary N) is 1. The molecule has 2 aromatic rings. The largest absolute Gasteiger partial charge is 0.493 e. The molecule has 0 unspecified atom stereocenters. The second kappa shape index (κ2) is 10.7. The van der Waals surface area contributed by atoms with Crippen LogP contribution in [0.1, 0.15) is 29.8 Å². The summed E-state index contributed by atoms with van der Waals surface area (Å²) < 4.78 is 15.8. The highest BCUT2D eigenvalue weighted by Gasteiger charge is 2.17. The van der Waals surface area contributed by atoms with Crippen molar-refractivity contribution in [3.63, 3.8) is 0 Å². The molecule has 1 atom stereocenters. The minimum atomic E-state index is -1.02. The van der Waals surface area contributed by atoms with Gasteiger partial charge in [0, 0.05) is 17.3 Å². The number of carbonyl (C=O) groups excluding carboxylic acids is 3. The second-order valence-corrected chi connectivity index (χ2v) is 6.19. The van der Waals surface area contributed by atoms with E-state index in [4.69, 9.17) is 19.9 Å². The minimum absolute atomic E-state index is 0.323. The van der Waals surface area contributed by atoms with Crippen molar-refractivity contribution in [1.82, 2.24) is 0 Å². The molecular weight excluding hydrogens is 388 g/mol. The van der Waals surface area contributed by atoms with Gasteiger partial charge in [-0.15, -0.1) is 0 Å². The molecule has 0 radical (unpaired) electrons. The van der Waals surface area contributed by atoms with Crippen molar-refractivity contribution in [1.29, 1.82) is 0 Å². The second-order valence-electron chi connectivity index (χ2n) is 6.19. The number of rotatable bonds is 9. The molecule has 0 saturated carbocycles. The Hall–Kier alpha value is -3.81. The molecule has 8 nitrogen and oxygen atoms in total. The number of methoxy groups -OCH3 is 1. The topological polar surface area (TPSA) is 117 Å². The molecule has 158 valence electrons. The number of ether oxygens (including phenoxy) is 3. The van der Waals surface area contributed by atoms with E-state index >= 15 is 0 Å². The van der Waals surface area contributed by atoms with E-state index < -0.39 is 23.9 Å². The lowest BCUT2D eigenvalue weighted by Crippen LogP contribution is -2.29. The Labute approximate surface area is 174 Å². The van der Waals surface area contributed by atoms with E-state index in [9.17, 15) is 14.4 Å². The summed E-state index contributed by atoms with van der Waals surface area (Å²) in [6, 6.07) is 11.3. The van der Waals surface area contributed by atoms with Gasteiger partial charge in [-0.1, -0.05) is 6.07 Å². The van der Waals surface area contributed by atoms with Gasteiger partial charge in [-0.2, -0.15) is 0 Å². The van der Waals surface area contributed by atoms with Crippen molar-refractivity contribution in [2.75, 3.05) is 19.0 Å². The van der Waals surface area contributed by atoms with Crippen molar-refractivity contribution in [3.05, 3.63) is 59.7 Å². The van der Waals surface area contributed by atoms with Gasteiger partial charge in [0.25, 0.3) is 5.91 Å². The summed E-state index contributed by atoms with van der Waals surface area (Å²) in [6.45, 7) is 3.84.